The molecule has 2 amide bonds. The molecule has 0 radical (unpaired) electrons. The Labute approximate surface area is 127 Å². The van der Waals surface area contributed by atoms with Crippen LogP contribution in [0.3, 0.4) is 0 Å². The Morgan fingerprint density at radius 2 is 1.86 bits per heavy atom. The van der Waals surface area contributed by atoms with Gasteiger partial charge in [0, 0.05) is 0 Å². The van der Waals surface area contributed by atoms with Gasteiger partial charge < -0.3 is 9.57 Å². The number of rotatable bonds is 4. The summed E-state index contributed by atoms with van der Waals surface area (Å²) in [6.07, 6.45) is 2.82. The minimum atomic E-state index is -0.599. The number of carbonyl (C=O) groups excluding carboxylic acids is 3. The molecular weight excluding hydrogens is 286 g/mol. The number of imide groups is 1. The normalized spacial score (nSPS) is 23.8. The fourth-order valence-corrected chi connectivity index (χ4v) is 2.77. The van der Waals surface area contributed by atoms with Gasteiger partial charge in [0.15, 0.2) is 0 Å². The van der Waals surface area contributed by atoms with E-state index >= 15 is 0 Å². The van der Waals surface area contributed by atoms with E-state index in [0.29, 0.717) is 11.5 Å². The smallest absolute Gasteiger partial charge is 0.333 e. The molecule has 2 unspecified atom stereocenters. The Hall–Kier alpha value is -2.21. The maximum atomic E-state index is 12.0. The van der Waals surface area contributed by atoms with Crippen molar-refractivity contribution in [2.75, 3.05) is 0 Å². The summed E-state index contributed by atoms with van der Waals surface area (Å²) in [7, 11) is 0. The van der Waals surface area contributed by atoms with E-state index in [1.807, 2.05) is 6.92 Å². The zero-order valence-electron chi connectivity index (χ0n) is 12.3. The third-order valence-electron chi connectivity index (χ3n) is 3.94. The van der Waals surface area contributed by atoms with E-state index in [4.69, 9.17) is 9.57 Å². The monoisotopic (exact) mass is 303 g/mol. The van der Waals surface area contributed by atoms with Crippen LogP contribution in [0.2, 0.25) is 0 Å². The van der Waals surface area contributed by atoms with Crippen LogP contribution in [-0.4, -0.2) is 35.1 Å². The molecule has 1 aromatic rings. The number of ether oxygens (including phenoxy) is 1. The molecule has 0 bridgehead atoms. The van der Waals surface area contributed by atoms with Crippen LogP contribution < -0.4 is 0 Å². The Morgan fingerprint density at radius 3 is 2.41 bits per heavy atom. The number of nitrogens with zero attached hydrogens (tertiary/aromatic N) is 1. The highest BCUT2D eigenvalue weighted by molar-refractivity contribution is 6.20. The number of benzene rings is 1. The van der Waals surface area contributed by atoms with E-state index in [0.717, 1.165) is 12.8 Å². The average molecular weight is 303 g/mol. The van der Waals surface area contributed by atoms with E-state index < -0.39 is 17.8 Å². The van der Waals surface area contributed by atoms with Crippen LogP contribution in [0, 0.1) is 0 Å². The second kappa shape index (κ2) is 5.88. The van der Waals surface area contributed by atoms with E-state index in [1.54, 1.807) is 12.1 Å². The van der Waals surface area contributed by atoms with Crippen LogP contribution in [0.25, 0.3) is 0 Å². The Balaban J connectivity index is 1.56. The summed E-state index contributed by atoms with van der Waals surface area (Å²) < 4.78 is 5.62. The minimum Gasteiger partial charge on any atom is -0.375 e. The molecule has 2 atom stereocenters. The van der Waals surface area contributed by atoms with Gasteiger partial charge in [-0.2, -0.15) is 0 Å². The molecule has 1 aromatic carbocycles. The number of hydroxylamine groups is 2. The van der Waals surface area contributed by atoms with E-state index in [9.17, 15) is 14.4 Å². The van der Waals surface area contributed by atoms with Gasteiger partial charge in [-0.05, 0) is 38.3 Å². The van der Waals surface area contributed by atoms with Crippen molar-refractivity contribution in [2.45, 2.75) is 44.8 Å². The Kier molecular flexibility index (Phi) is 3.94. The molecule has 1 fully saturated rings. The molecule has 0 saturated carbocycles. The highest BCUT2D eigenvalue weighted by Crippen LogP contribution is 2.25. The molecule has 0 spiro atoms. The molecule has 6 heteroatoms. The van der Waals surface area contributed by atoms with E-state index in [-0.39, 0.29) is 29.8 Å². The Bertz CT molecular complexity index is 592. The first kappa shape index (κ1) is 14.7. The van der Waals surface area contributed by atoms with Crippen LogP contribution in [-0.2, 0) is 14.4 Å². The number of fused-ring (bicyclic) bond motifs is 1. The summed E-state index contributed by atoms with van der Waals surface area (Å²) in [5.41, 5.74) is 0.515. The van der Waals surface area contributed by atoms with Crippen molar-refractivity contribution in [1.82, 2.24) is 5.06 Å². The van der Waals surface area contributed by atoms with Crippen LogP contribution >= 0.6 is 0 Å². The summed E-state index contributed by atoms with van der Waals surface area (Å²) in [6, 6.07) is 6.40. The lowest BCUT2D eigenvalue weighted by Crippen LogP contribution is -2.32. The summed E-state index contributed by atoms with van der Waals surface area (Å²) in [6.45, 7) is 2.00. The van der Waals surface area contributed by atoms with Gasteiger partial charge in [0.05, 0.1) is 29.8 Å². The molecule has 6 nitrogen and oxygen atoms in total. The standard InChI is InChI=1S/C16H17NO5/c1-10-6-7-11(21-10)8-9-14(18)22-17-15(19)12-4-2-3-5-13(12)16(17)20/h2-5,10-11H,6-9H2,1H3. The van der Waals surface area contributed by atoms with Crippen molar-refractivity contribution < 1.29 is 24.0 Å². The van der Waals surface area contributed by atoms with Gasteiger partial charge in [0.2, 0.25) is 0 Å². The van der Waals surface area contributed by atoms with Gasteiger partial charge in [-0.15, -0.1) is 0 Å². The maximum Gasteiger partial charge on any atom is 0.333 e. The highest BCUT2D eigenvalue weighted by atomic mass is 16.7. The average Bonchev–Trinajstić information content (AvgIpc) is 3.03. The second-order valence-corrected chi connectivity index (χ2v) is 5.60. The predicted octanol–water partition coefficient (Wildman–Crippen LogP) is 2.09. The van der Waals surface area contributed by atoms with Crippen LogP contribution in [0.5, 0.6) is 0 Å². The lowest BCUT2D eigenvalue weighted by Gasteiger charge is -2.14. The molecule has 2 aliphatic heterocycles. The molecule has 0 N–H and O–H groups in total. The maximum absolute atomic E-state index is 12.0. The predicted molar refractivity (Wildman–Crippen MR) is 75.8 cm³/mol. The summed E-state index contributed by atoms with van der Waals surface area (Å²) >= 11 is 0. The molecule has 0 aliphatic carbocycles. The molecular formula is C16H17NO5. The summed E-state index contributed by atoms with van der Waals surface area (Å²) in [5.74, 6) is -1.79. The zero-order valence-corrected chi connectivity index (χ0v) is 12.3. The van der Waals surface area contributed by atoms with Crippen LogP contribution in [0.1, 0.15) is 53.3 Å². The molecule has 2 heterocycles. The van der Waals surface area contributed by atoms with Gasteiger partial charge in [0.25, 0.3) is 11.8 Å². The SMILES string of the molecule is CC1CCC(CCC(=O)ON2C(=O)c3ccccc3C2=O)O1. The summed E-state index contributed by atoms with van der Waals surface area (Å²) in [5, 5.41) is 0.547. The van der Waals surface area contributed by atoms with Crippen molar-refractivity contribution in [1.29, 1.82) is 0 Å². The van der Waals surface area contributed by atoms with E-state index in [1.165, 1.54) is 12.1 Å². The molecule has 116 valence electrons. The quantitative estimate of drug-likeness (QED) is 0.796. The zero-order chi connectivity index (χ0) is 15.7. The highest BCUT2D eigenvalue weighted by Gasteiger charge is 2.38. The first-order valence-corrected chi connectivity index (χ1v) is 7.40. The first-order valence-electron chi connectivity index (χ1n) is 7.40. The number of hydrogen-bond acceptors (Lipinski definition) is 5. The van der Waals surface area contributed by atoms with Gasteiger partial charge in [-0.3, -0.25) is 9.59 Å². The van der Waals surface area contributed by atoms with Crippen LogP contribution in [0.15, 0.2) is 24.3 Å². The van der Waals surface area contributed by atoms with Crippen molar-refractivity contribution in [3.05, 3.63) is 35.4 Å². The first-order chi connectivity index (χ1) is 10.6. The topological polar surface area (TPSA) is 72.9 Å². The molecule has 0 aromatic heterocycles. The van der Waals surface area contributed by atoms with Crippen molar-refractivity contribution >= 4 is 17.8 Å². The molecule has 2 aliphatic rings. The van der Waals surface area contributed by atoms with E-state index in [2.05, 4.69) is 0 Å². The summed E-state index contributed by atoms with van der Waals surface area (Å²) in [4.78, 5) is 40.9. The number of carbonyl (C=O) groups is 3. The minimum absolute atomic E-state index is 0.0460. The molecule has 22 heavy (non-hydrogen) atoms. The lowest BCUT2D eigenvalue weighted by molar-refractivity contribution is -0.169. The fraction of sp³-hybridized carbons (Fsp3) is 0.438. The molecule has 1 saturated heterocycles. The van der Waals surface area contributed by atoms with Crippen molar-refractivity contribution in [3.8, 4) is 0 Å². The number of hydrogen-bond donors (Lipinski definition) is 0. The van der Waals surface area contributed by atoms with Gasteiger partial charge in [0.1, 0.15) is 0 Å². The lowest BCUT2D eigenvalue weighted by atomic mass is 10.1. The van der Waals surface area contributed by atoms with Crippen LogP contribution in [0.4, 0.5) is 0 Å². The van der Waals surface area contributed by atoms with Gasteiger partial charge in [-0.25, -0.2) is 4.79 Å². The molecule has 3 rings (SSSR count). The third kappa shape index (κ3) is 2.74. The number of amides is 2. The van der Waals surface area contributed by atoms with Gasteiger partial charge in [-0.1, -0.05) is 17.2 Å². The van der Waals surface area contributed by atoms with Crippen molar-refractivity contribution in [2.24, 2.45) is 0 Å². The second-order valence-electron chi connectivity index (χ2n) is 5.60. The van der Waals surface area contributed by atoms with Gasteiger partial charge >= 0.3 is 5.97 Å². The fourth-order valence-electron chi connectivity index (χ4n) is 2.77. The Morgan fingerprint density at radius 1 is 1.23 bits per heavy atom. The van der Waals surface area contributed by atoms with Crippen molar-refractivity contribution in [3.63, 3.8) is 0 Å². The largest absolute Gasteiger partial charge is 0.375 e. The third-order valence-corrected chi connectivity index (χ3v) is 3.94.